The van der Waals surface area contributed by atoms with Gasteiger partial charge in [-0.15, -0.1) is 10.2 Å². The van der Waals surface area contributed by atoms with E-state index in [4.69, 9.17) is 0 Å². The molecule has 0 bridgehead atoms. The third kappa shape index (κ3) is 3.45. The number of hydrogen-bond donors (Lipinski definition) is 0. The van der Waals surface area contributed by atoms with Gasteiger partial charge in [0.25, 0.3) is 0 Å². The minimum absolute atomic E-state index is 0.111. The summed E-state index contributed by atoms with van der Waals surface area (Å²) in [4.78, 5) is 28.4. The fourth-order valence-electron chi connectivity index (χ4n) is 3.29. The highest BCUT2D eigenvalue weighted by atomic mass is 16.2. The van der Waals surface area contributed by atoms with E-state index in [9.17, 15) is 9.59 Å². The van der Waals surface area contributed by atoms with Crippen LogP contribution in [-0.4, -0.2) is 62.6 Å². The van der Waals surface area contributed by atoms with Crippen molar-refractivity contribution in [2.75, 3.05) is 26.2 Å². The fraction of sp³-hybridized carbons (Fsp3) is 0.733. The molecular formula is C15H23N5O2. The molecule has 0 N–H and O–H groups in total. The fourth-order valence-corrected chi connectivity index (χ4v) is 3.29. The average Bonchev–Trinajstić information content (AvgIpc) is 3.25. The molecule has 0 saturated carbocycles. The molecule has 7 nitrogen and oxygen atoms in total. The van der Waals surface area contributed by atoms with Crippen molar-refractivity contribution in [3.05, 3.63) is 12.7 Å². The van der Waals surface area contributed by atoms with Crippen molar-refractivity contribution in [1.82, 2.24) is 24.6 Å². The first-order valence-corrected chi connectivity index (χ1v) is 8.13. The Morgan fingerprint density at radius 2 is 1.59 bits per heavy atom. The van der Waals surface area contributed by atoms with Gasteiger partial charge in [0.05, 0.1) is 0 Å². The molecule has 3 rings (SSSR count). The largest absolute Gasteiger partial charge is 0.343 e. The molecule has 1 aromatic heterocycles. The van der Waals surface area contributed by atoms with Crippen LogP contribution in [0.3, 0.4) is 0 Å². The molecule has 0 unspecified atom stereocenters. The van der Waals surface area contributed by atoms with Crippen LogP contribution < -0.4 is 0 Å². The monoisotopic (exact) mass is 305 g/mol. The van der Waals surface area contributed by atoms with Crippen LogP contribution in [0.4, 0.5) is 0 Å². The molecule has 0 spiro atoms. The summed E-state index contributed by atoms with van der Waals surface area (Å²) in [6.07, 6.45) is 7.56. The molecule has 2 aliphatic heterocycles. The van der Waals surface area contributed by atoms with E-state index in [2.05, 4.69) is 10.2 Å². The van der Waals surface area contributed by atoms with Gasteiger partial charge in [-0.1, -0.05) is 0 Å². The Balaban J connectivity index is 1.42. The lowest BCUT2D eigenvalue weighted by molar-refractivity contribution is -0.140. The number of carbonyl (C=O) groups is 2. The lowest BCUT2D eigenvalue weighted by atomic mass is 9.95. The van der Waals surface area contributed by atoms with Crippen molar-refractivity contribution in [2.45, 2.75) is 38.6 Å². The first-order valence-electron chi connectivity index (χ1n) is 8.13. The highest BCUT2D eigenvalue weighted by Gasteiger charge is 2.30. The van der Waals surface area contributed by atoms with Crippen LogP contribution in [0, 0.1) is 5.92 Å². The van der Waals surface area contributed by atoms with Crippen LogP contribution in [0.2, 0.25) is 0 Å². The predicted octanol–water partition coefficient (Wildman–Crippen LogP) is 0.529. The van der Waals surface area contributed by atoms with Gasteiger partial charge in [-0.05, 0) is 25.7 Å². The Kier molecular flexibility index (Phi) is 4.70. The number of amides is 2. The highest BCUT2D eigenvalue weighted by Crippen LogP contribution is 2.22. The maximum Gasteiger partial charge on any atom is 0.225 e. The summed E-state index contributed by atoms with van der Waals surface area (Å²) >= 11 is 0. The smallest absolute Gasteiger partial charge is 0.225 e. The van der Waals surface area contributed by atoms with E-state index in [0.29, 0.717) is 32.0 Å². The predicted molar refractivity (Wildman–Crippen MR) is 79.8 cm³/mol. The standard InChI is InChI=1S/C15H23N5O2/c21-14(5-8-18-11-16-17-12-18)19-9-3-13(4-10-19)15(22)20-6-1-2-7-20/h11-13H,1-10H2. The minimum atomic E-state index is 0.111. The first kappa shape index (κ1) is 15.0. The van der Waals surface area contributed by atoms with Crippen LogP contribution in [0.5, 0.6) is 0 Å². The Bertz CT molecular complexity index is 502. The summed E-state index contributed by atoms with van der Waals surface area (Å²) < 4.78 is 1.81. The van der Waals surface area contributed by atoms with Gasteiger partial charge in [0, 0.05) is 45.1 Å². The quantitative estimate of drug-likeness (QED) is 0.813. The van der Waals surface area contributed by atoms with E-state index in [1.54, 1.807) is 12.7 Å². The number of aromatic nitrogens is 3. The SMILES string of the molecule is O=C(CCn1cnnc1)N1CCC(C(=O)N2CCCC2)CC1. The molecule has 2 saturated heterocycles. The van der Waals surface area contributed by atoms with Crippen molar-refractivity contribution in [1.29, 1.82) is 0 Å². The second-order valence-electron chi connectivity index (χ2n) is 6.14. The molecule has 7 heteroatoms. The first-order chi connectivity index (χ1) is 10.7. The molecule has 2 fully saturated rings. The van der Waals surface area contributed by atoms with E-state index in [1.807, 2.05) is 14.4 Å². The number of nitrogens with zero attached hydrogens (tertiary/aromatic N) is 5. The van der Waals surface area contributed by atoms with Gasteiger partial charge in [-0.3, -0.25) is 9.59 Å². The topological polar surface area (TPSA) is 71.3 Å². The zero-order valence-corrected chi connectivity index (χ0v) is 12.9. The third-order valence-corrected chi connectivity index (χ3v) is 4.67. The van der Waals surface area contributed by atoms with Gasteiger partial charge in [0.2, 0.25) is 11.8 Å². The van der Waals surface area contributed by atoms with Crippen molar-refractivity contribution >= 4 is 11.8 Å². The molecular weight excluding hydrogens is 282 g/mol. The molecule has 0 radical (unpaired) electrons. The van der Waals surface area contributed by atoms with Crippen LogP contribution in [0.1, 0.15) is 32.1 Å². The van der Waals surface area contributed by atoms with Gasteiger partial charge in [-0.25, -0.2) is 0 Å². The van der Waals surface area contributed by atoms with E-state index >= 15 is 0 Å². The number of rotatable bonds is 4. The molecule has 22 heavy (non-hydrogen) atoms. The summed E-state index contributed by atoms with van der Waals surface area (Å²) in [6, 6.07) is 0. The van der Waals surface area contributed by atoms with Gasteiger partial charge >= 0.3 is 0 Å². The zero-order chi connectivity index (χ0) is 15.4. The van der Waals surface area contributed by atoms with Gasteiger partial charge in [0.1, 0.15) is 12.7 Å². The number of carbonyl (C=O) groups excluding carboxylic acids is 2. The van der Waals surface area contributed by atoms with Gasteiger partial charge in [-0.2, -0.15) is 0 Å². The van der Waals surface area contributed by atoms with Crippen molar-refractivity contribution in [3.63, 3.8) is 0 Å². The molecule has 2 amide bonds. The lowest BCUT2D eigenvalue weighted by Crippen LogP contribution is -2.43. The molecule has 0 aliphatic carbocycles. The van der Waals surface area contributed by atoms with Crippen molar-refractivity contribution in [2.24, 2.45) is 5.92 Å². The Morgan fingerprint density at radius 1 is 0.955 bits per heavy atom. The maximum atomic E-state index is 12.4. The van der Waals surface area contributed by atoms with Crippen LogP contribution >= 0.6 is 0 Å². The van der Waals surface area contributed by atoms with Crippen LogP contribution in [-0.2, 0) is 16.1 Å². The van der Waals surface area contributed by atoms with E-state index in [1.165, 1.54) is 0 Å². The van der Waals surface area contributed by atoms with E-state index in [0.717, 1.165) is 38.8 Å². The van der Waals surface area contributed by atoms with Crippen LogP contribution in [0.25, 0.3) is 0 Å². The average molecular weight is 305 g/mol. The number of likely N-dealkylation sites (tertiary alicyclic amines) is 2. The molecule has 120 valence electrons. The Morgan fingerprint density at radius 3 is 2.23 bits per heavy atom. The number of aryl methyl sites for hydroxylation is 1. The number of hydrogen-bond acceptors (Lipinski definition) is 4. The van der Waals surface area contributed by atoms with Gasteiger partial charge in [0.15, 0.2) is 0 Å². The van der Waals surface area contributed by atoms with Gasteiger partial charge < -0.3 is 14.4 Å². The molecule has 0 aromatic carbocycles. The summed E-state index contributed by atoms with van der Waals surface area (Å²) in [5.41, 5.74) is 0. The zero-order valence-electron chi connectivity index (χ0n) is 12.9. The maximum absolute atomic E-state index is 12.4. The summed E-state index contributed by atoms with van der Waals surface area (Å²) in [7, 11) is 0. The van der Waals surface area contributed by atoms with Crippen molar-refractivity contribution in [3.8, 4) is 0 Å². The molecule has 0 atom stereocenters. The number of piperidine rings is 1. The summed E-state index contributed by atoms with van der Waals surface area (Å²) in [6.45, 7) is 3.84. The summed E-state index contributed by atoms with van der Waals surface area (Å²) in [5.74, 6) is 0.565. The second-order valence-corrected chi connectivity index (χ2v) is 6.14. The van der Waals surface area contributed by atoms with E-state index in [-0.39, 0.29) is 11.8 Å². The summed E-state index contributed by atoms with van der Waals surface area (Å²) in [5, 5.41) is 7.45. The van der Waals surface area contributed by atoms with Crippen molar-refractivity contribution < 1.29 is 9.59 Å². The Hall–Kier alpha value is -1.92. The normalized spacial score (nSPS) is 19.6. The van der Waals surface area contributed by atoms with Crippen LogP contribution in [0.15, 0.2) is 12.7 Å². The minimum Gasteiger partial charge on any atom is -0.343 e. The molecule has 1 aromatic rings. The lowest BCUT2D eigenvalue weighted by Gasteiger charge is -2.33. The molecule has 2 aliphatic rings. The van der Waals surface area contributed by atoms with E-state index < -0.39 is 0 Å². The highest BCUT2D eigenvalue weighted by molar-refractivity contribution is 5.80. The third-order valence-electron chi connectivity index (χ3n) is 4.67. The second kappa shape index (κ2) is 6.89. The Labute approximate surface area is 130 Å². The molecule has 3 heterocycles.